The molecule has 0 aromatic heterocycles. The highest BCUT2D eigenvalue weighted by Crippen LogP contribution is 2.18. The fraction of sp³-hybridized carbons (Fsp3) is 0.333. The topological polar surface area (TPSA) is 47.1 Å². The molecule has 0 radical (unpaired) electrons. The Kier molecular flexibility index (Phi) is 2.07. The molecule has 0 aromatic carbocycles. The summed E-state index contributed by atoms with van der Waals surface area (Å²) >= 11 is 0.479. The second-order valence-electron chi connectivity index (χ2n) is 1.18. The van der Waals surface area contributed by atoms with Gasteiger partial charge in [-0.15, -0.1) is 0 Å². The van der Waals surface area contributed by atoms with Gasteiger partial charge >= 0.3 is 0 Å². The standard InChI is InChI=1S/C3H6N2OS2/c1-7-3-2-4-5-8(3)6/h2,4-5H,1H3. The molecule has 1 aliphatic heterocycles. The van der Waals surface area contributed by atoms with Gasteiger partial charge in [-0.3, -0.25) is 5.43 Å². The summed E-state index contributed by atoms with van der Waals surface area (Å²) in [6, 6.07) is 0. The average molecular weight is 150 g/mol. The normalized spacial score (nSPS) is 27.2. The van der Waals surface area contributed by atoms with Crippen LogP contribution >= 0.6 is 11.8 Å². The zero-order valence-corrected chi connectivity index (χ0v) is 5.94. The molecule has 8 heavy (non-hydrogen) atoms. The molecule has 5 heteroatoms. The molecule has 0 saturated heterocycles. The van der Waals surface area contributed by atoms with E-state index >= 15 is 0 Å². The van der Waals surface area contributed by atoms with Crippen LogP contribution in [0.15, 0.2) is 10.4 Å². The molecule has 1 rings (SSSR count). The fourth-order valence-corrected chi connectivity index (χ4v) is 1.72. The van der Waals surface area contributed by atoms with Gasteiger partial charge in [0.15, 0.2) is 0 Å². The summed E-state index contributed by atoms with van der Waals surface area (Å²) in [4.78, 5) is 2.53. The minimum absolute atomic E-state index is 0.838. The van der Waals surface area contributed by atoms with Crippen LogP contribution in [0, 0.1) is 0 Å². The lowest BCUT2D eigenvalue weighted by molar-refractivity contribution is 0.588. The summed E-state index contributed by atoms with van der Waals surface area (Å²) < 4.78 is 11.5. The minimum atomic E-state index is -0.998. The summed E-state index contributed by atoms with van der Waals surface area (Å²) in [5.74, 6) is 0. The van der Waals surface area contributed by atoms with Crippen LogP contribution in [0.2, 0.25) is 0 Å². The summed E-state index contributed by atoms with van der Waals surface area (Å²) in [7, 11) is 0. The van der Waals surface area contributed by atoms with Crippen molar-refractivity contribution in [2.75, 3.05) is 6.26 Å². The number of hydrogen-bond acceptors (Lipinski definition) is 4. The van der Waals surface area contributed by atoms with Gasteiger partial charge < -0.3 is 4.55 Å². The van der Waals surface area contributed by atoms with Gasteiger partial charge in [-0.25, -0.2) is 0 Å². The van der Waals surface area contributed by atoms with Gasteiger partial charge in [0.25, 0.3) is 0 Å². The maximum Gasteiger partial charge on any atom is 0.226 e. The lowest BCUT2D eigenvalue weighted by Crippen LogP contribution is -2.26. The smallest absolute Gasteiger partial charge is 0.226 e. The Hall–Kier alpha value is 0.160. The number of hydrogen-bond donors (Lipinski definition) is 2. The predicted molar refractivity (Wildman–Crippen MR) is 36.0 cm³/mol. The van der Waals surface area contributed by atoms with E-state index in [0.717, 1.165) is 4.24 Å². The van der Waals surface area contributed by atoms with Gasteiger partial charge in [0, 0.05) is 0 Å². The van der Waals surface area contributed by atoms with Crippen molar-refractivity contribution >= 4 is 23.1 Å². The van der Waals surface area contributed by atoms with Gasteiger partial charge in [0.2, 0.25) is 4.24 Å². The van der Waals surface area contributed by atoms with E-state index in [1.54, 1.807) is 6.20 Å². The number of nitrogens with one attached hydrogen (secondary N) is 2. The number of thioether (sulfide) groups is 1. The van der Waals surface area contributed by atoms with Gasteiger partial charge in [-0.2, -0.15) is 0 Å². The van der Waals surface area contributed by atoms with E-state index < -0.39 is 11.4 Å². The molecule has 1 aliphatic rings. The molecule has 1 heterocycles. The molecular formula is C3H6N2OS2. The molecule has 0 aliphatic carbocycles. The first-order valence-corrected chi connectivity index (χ1v) is 4.39. The molecule has 0 spiro atoms. The summed E-state index contributed by atoms with van der Waals surface area (Å²) in [5, 5.41) is 0. The van der Waals surface area contributed by atoms with Crippen molar-refractivity contribution in [3.05, 3.63) is 10.4 Å². The third-order valence-corrected chi connectivity index (χ3v) is 2.99. The van der Waals surface area contributed by atoms with Crippen molar-refractivity contribution in [3.8, 4) is 0 Å². The van der Waals surface area contributed by atoms with Crippen LogP contribution in [-0.4, -0.2) is 10.8 Å². The van der Waals surface area contributed by atoms with Crippen molar-refractivity contribution in [2.24, 2.45) is 0 Å². The third-order valence-electron chi connectivity index (χ3n) is 0.726. The maximum absolute atomic E-state index is 10.7. The van der Waals surface area contributed by atoms with E-state index in [0.29, 0.717) is 0 Å². The second kappa shape index (κ2) is 2.63. The van der Waals surface area contributed by atoms with E-state index in [1.807, 2.05) is 6.26 Å². The first kappa shape index (κ1) is 6.28. The van der Waals surface area contributed by atoms with Crippen LogP contribution in [-0.2, 0) is 11.4 Å². The van der Waals surface area contributed by atoms with Crippen molar-refractivity contribution in [2.45, 2.75) is 0 Å². The number of hydrazine groups is 1. The first-order valence-electron chi connectivity index (χ1n) is 2.01. The fourth-order valence-electron chi connectivity index (χ4n) is 0.380. The van der Waals surface area contributed by atoms with E-state index in [9.17, 15) is 4.55 Å². The molecule has 0 amide bonds. The van der Waals surface area contributed by atoms with Gasteiger partial charge in [-0.1, -0.05) is 11.8 Å². The zero-order valence-electron chi connectivity index (χ0n) is 4.30. The quantitative estimate of drug-likeness (QED) is 0.513. The Morgan fingerprint density at radius 2 is 2.62 bits per heavy atom. The Morgan fingerprint density at radius 3 is 2.88 bits per heavy atom. The van der Waals surface area contributed by atoms with Gasteiger partial charge in [0.05, 0.1) is 6.20 Å². The van der Waals surface area contributed by atoms with Crippen LogP contribution in [0.5, 0.6) is 0 Å². The molecule has 0 aromatic rings. The molecule has 2 N–H and O–H groups in total. The lowest BCUT2D eigenvalue weighted by Gasteiger charge is -2.00. The molecular weight excluding hydrogens is 144 g/mol. The highest BCUT2D eigenvalue weighted by atomic mass is 32.3. The Balaban J connectivity index is 2.49. The second-order valence-corrected chi connectivity index (χ2v) is 3.47. The Bertz CT molecular complexity index is 116. The third kappa shape index (κ3) is 1.11. The van der Waals surface area contributed by atoms with Crippen molar-refractivity contribution in [1.29, 1.82) is 0 Å². The van der Waals surface area contributed by atoms with Crippen LogP contribution < -0.4 is 10.3 Å². The lowest BCUT2D eigenvalue weighted by atomic mass is 11.1. The van der Waals surface area contributed by atoms with Crippen LogP contribution in [0.3, 0.4) is 0 Å². The van der Waals surface area contributed by atoms with E-state index in [2.05, 4.69) is 10.3 Å². The largest absolute Gasteiger partial charge is 0.591 e. The zero-order chi connectivity index (χ0) is 5.98. The maximum atomic E-state index is 10.7. The monoisotopic (exact) mass is 150 g/mol. The molecule has 3 nitrogen and oxygen atoms in total. The van der Waals surface area contributed by atoms with Crippen LogP contribution in [0.1, 0.15) is 0 Å². The van der Waals surface area contributed by atoms with Crippen molar-refractivity contribution in [1.82, 2.24) is 10.3 Å². The molecule has 0 saturated carbocycles. The molecule has 1 unspecified atom stereocenters. The van der Waals surface area contributed by atoms with Gasteiger partial charge in [0.1, 0.15) is 11.4 Å². The summed E-state index contributed by atoms with van der Waals surface area (Å²) in [5.41, 5.74) is 2.64. The highest BCUT2D eigenvalue weighted by Gasteiger charge is 2.18. The van der Waals surface area contributed by atoms with E-state index in [-0.39, 0.29) is 0 Å². The van der Waals surface area contributed by atoms with Crippen molar-refractivity contribution < 1.29 is 4.55 Å². The van der Waals surface area contributed by atoms with Crippen LogP contribution in [0.25, 0.3) is 0 Å². The van der Waals surface area contributed by atoms with Crippen LogP contribution in [0.4, 0.5) is 0 Å². The predicted octanol–water partition coefficient (Wildman–Crippen LogP) is -0.0802. The van der Waals surface area contributed by atoms with E-state index in [4.69, 9.17) is 0 Å². The number of rotatable bonds is 1. The van der Waals surface area contributed by atoms with Gasteiger partial charge in [-0.05, 0) is 11.1 Å². The summed E-state index contributed by atoms with van der Waals surface area (Å²) in [6.07, 6.45) is 3.58. The van der Waals surface area contributed by atoms with Crippen molar-refractivity contribution in [3.63, 3.8) is 0 Å². The highest BCUT2D eigenvalue weighted by molar-refractivity contribution is 8.17. The first-order chi connectivity index (χ1) is 3.84. The SMILES string of the molecule is CSC1=CNN[S+]1[O-]. The molecule has 1 atom stereocenters. The summed E-state index contributed by atoms with van der Waals surface area (Å²) in [6.45, 7) is 0. The Labute approximate surface area is 55.2 Å². The Morgan fingerprint density at radius 1 is 1.88 bits per heavy atom. The average Bonchev–Trinajstić information content (AvgIpc) is 2.14. The van der Waals surface area contributed by atoms with E-state index in [1.165, 1.54) is 11.8 Å². The molecule has 0 fully saturated rings. The molecule has 46 valence electrons. The molecule has 0 bridgehead atoms. The minimum Gasteiger partial charge on any atom is -0.591 e.